The highest BCUT2D eigenvalue weighted by atomic mass is 32.2. The SMILES string of the molecule is NS(=O)(=O)c1ccc(-c2c(-c3ccccc3)noc2C2CCCCC2)cc1. The van der Waals surface area contributed by atoms with Crippen LogP contribution in [0.1, 0.15) is 43.8 Å². The van der Waals surface area contributed by atoms with Crippen molar-refractivity contribution in [1.29, 1.82) is 0 Å². The molecule has 0 saturated heterocycles. The molecule has 0 atom stereocenters. The van der Waals surface area contributed by atoms with Gasteiger partial charge in [-0.25, -0.2) is 13.6 Å². The molecule has 1 aromatic heterocycles. The van der Waals surface area contributed by atoms with Crippen LogP contribution >= 0.6 is 0 Å². The molecule has 1 fully saturated rings. The van der Waals surface area contributed by atoms with E-state index in [2.05, 4.69) is 5.16 Å². The molecule has 0 unspecified atom stereocenters. The first-order chi connectivity index (χ1) is 13.0. The number of benzene rings is 2. The molecule has 27 heavy (non-hydrogen) atoms. The molecule has 1 aliphatic rings. The van der Waals surface area contributed by atoms with Crippen LogP contribution in [0, 0.1) is 0 Å². The predicted octanol–water partition coefficient (Wildman–Crippen LogP) is 4.70. The van der Waals surface area contributed by atoms with E-state index in [4.69, 9.17) is 9.66 Å². The topological polar surface area (TPSA) is 86.2 Å². The fourth-order valence-corrected chi connectivity index (χ4v) is 4.35. The van der Waals surface area contributed by atoms with Gasteiger partial charge in [0.05, 0.1) is 10.5 Å². The van der Waals surface area contributed by atoms with Crippen molar-refractivity contribution in [3.8, 4) is 22.4 Å². The van der Waals surface area contributed by atoms with Gasteiger partial charge in [-0.2, -0.15) is 0 Å². The molecule has 5 nitrogen and oxygen atoms in total. The molecular weight excluding hydrogens is 360 g/mol. The normalized spacial score (nSPS) is 15.7. The Bertz CT molecular complexity index is 1020. The van der Waals surface area contributed by atoms with Crippen LogP contribution in [0.2, 0.25) is 0 Å². The summed E-state index contributed by atoms with van der Waals surface area (Å²) in [4.78, 5) is 0.100. The van der Waals surface area contributed by atoms with Gasteiger partial charge in [-0.15, -0.1) is 0 Å². The first-order valence-electron chi connectivity index (χ1n) is 9.22. The number of primary sulfonamides is 1. The summed E-state index contributed by atoms with van der Waals surface area (Å²) in [5.41, 5.74) is 3.62. The summed E-state index contributed by atoms with van der Waals surface area (Å²) in [7, 11) is -3.72. The molecule has 2 aromatic carbocycles. The second-order valence-corrected chi connectivity index (χ2v) is 8.60. The summed E-state index contributed by atoms with van der Waals surface area (Å²) in [6.45, 7) is 0. The van der Waals surface area contributed by atoms with Crippen molar-refractivity contribution >= 4 is 10.0 Å². The highest BCUT2D eigenvalue weighted by molar-refractivity contribution is 7.89. The van der Waals surface area contributed by atoms with Gasteiger partial charge in [0, 0.05) is 11.5 Å². The van der Waals surface area contributed by atoms with E-state index in [1.165, 1.54) is 31.4 Å². The lowest BCUT2D eigenvalue weighted by molar-refractivity contribution is 0.323. The number of nitrogens with two attached hydrogens (primary N) is 1. The maximum absolute atomic E-state index is 11.6. The van der Waals surface area contributed by atoms with E-state index >= 15 is 0 Å². The molecule has 0 bridgehead atoms. The number of rotatable bonds is 4. The highest BCUT2D eigenvalue weighted by Crippen LogP contribution is 2.42. The molecule has 2 N–H and O–H groups in total. The summed E-state index contributed by atoms with van der Waals surface area (Å²) < 4.78 is 29.0. The molecule has 6 heteroatoms. The van der Waals surface area contributed by atoms with Crippen LogP contribution in [-0.2, 0) is 10.0 Å². The maximum atomic E-state index is 11.6. The van der Waals surface area contributed by atoms with Crippen LogP contribution in [0.4, 0.5) is 0 Å². The zero-order chi connectivity index (χ0) is 18.9. The fraction of sp³-hybridized carbons (Fsp3) is 0.286. The summed E-state index contributed by atoms with van der Waals surface area (Å²) in [5.74, 6) is 1.24. The Kier molecular flexibility index (Phi) is 4.85. The Labute approximate surface area is 159 Å². The average molecular weight is 382 g/mol. The minimum atomic E-state index is -3.72. The molecule has 0 amide bonds. The van der Waals surface area contributed by atoms with Gasteiger partial charge in [0.1, 0.15) is 11.5 Å². The highest BCUT2D eigenvalue weighted by Gasteiger charge is 2.27. The maximum Gasteiger partial charge on any atom is 0.238 e. The molecule has 0 spiro atoms. The van der Waals surface area contributed by atoms with Crippen molar-refractivity contribution in [3.63, 3.8) is 0 Å². The van der Waals surface area contributed by atoms with Crippen LogP contribution in [0.5, 0.6) is 0 Å². The van der Waals surface area contributed by atoms with Crippen LogP contribution < -0.4 is 5.14 Å². The fourth-order valence-electron chi connectivity index (χ4n) is 3.83. The molecule has 0 radical (unpaired) electrons. The van der Waals surface area contributed by atoms with E-state index in [1.54, 1.807) is 12.1 Å². The summed E-state index contributed by atoms with van der Waals surface area (Å²) in [6, 6.07) is 16.6. The van der Waals surface area contributed by atoms with Crippen molar-refractivity contribution in [3.05, 3.63) is 60.4 Å². The monoisotopic (exact) mass is 382 g/mol. The summed E-state index contributed by atoms with van der Waals surface area (Å²) in [5, 5.41) is 9.63. The smallest absolute Gasteiger partial charge is 0.238 e. The first kappa shape index (κ1) is 17.9. The Morgan fingerprint density at radius 1 is 0.889 bits per heavy atom. The van der Waals surface area contributed by atoms with Crippen LogP contribution in [-0.4, -0.2) is 13.6 Å². The molecule has 3 aromatic rings. The lowest BCUT2D eigenvalue weighted by atomic mass is 9.84. The molecule has 4 rings (SSSR count). The van der Waals surface area contributed by atoms with Crippen molar-refractivity contribution in [1.82, 2.24) is 5.16 Å². The van der Waals surface area contributed by atoms with Gasteiger partial charge in [0.2, 0.25) is 10.0 Å². The quantitative estimate of drug-likeness (QED) is 0.708. The zero-order valence-electron chi connectivity index (χ0n) is 15.0. The van der Waals surface area contributed by atoms with Gasteiger partial charge in [0.15, 0.2) is 0 Å². The third kappa shape index (κ3) is 3.68. The zero-order valence-corrected chi connectivity index (χ0v) is 15.8. The van der Waals surface area contributed by atoms with E-state index < -0.39 is 10.0 Å². The molecule has 1 heterocycles. The number of aromatic nitrogens is 1. The Hall–Kier alpha value is -2.44. The van der Waals surface area contributed by atoms with Crippen molar-refractivity contribution in [2.24, 2.45) is 5.14 Å². The van der Waals surface area contributed by atoms with Crippen LogP contribution in [0.3, 0.4) is 0 Å². The second kappa shape index (κ2) is 7.29. The average Bonchev–Trinajstić information content (AvgIpc) is 3.14. The number of hydrogen-bond acceptors (Lipinski definition) is 4. The Balaban J connectivity index is 1.84. The second-order valence-electron chi connectivity index (χ2n) is 7.04. The first-order valence-corrected chi connectivity index (χ1v) is 10.8. The number of nitrogens with zero attached hydrogens (tertiary/aromatic N) is 1. The van der Waals surface area contributed by atoms with Gasteiger partial charge >= 0.3 is 0 Å². The van der Waals surface area contributed by atoms with E-state index in [1.807, 2.05) is 30.3 Å². The molecule has 140 valence electrons. The minimum absolute atomic E-state index is 0.100. The standard InChI is InChI=1S/C21H22N2O3S/c22-27(24,25)18-13-11-15(12-14-18)19-20(16-7-3-1-4-8-16)23-26-21(19)17-9-5-2-6-10-17/h1,3-4,7-8,11-14,17H,2,5-6,9-10H2,(H2,22,24,25). The number of hydrogen-bond donors (Lipinski definition) is 1. The van der Waals surface area contributed by atoms with Crippen LogP contribution in [0.15, 0.2) is 64.0 Å². The third-order valence-electron chi connectivity index (χ3n) is 5.21. The van der Waals surface area contributed by atoms with E-state index in [0.29, 0.717) is 5.92 Å². The minimum Gasteiger partial charge on any atom is -0.360 e. The van der Waals surface area contributed by atoms with Crippen molar-refractivity contribution in [2.45, 2.75) is 42.9 Å². The summed E-state index contributed by atoms with van der Waals surface area (Å²) in [6.07, 6.45) is 5.82. The molecule has 1 aliphatic carbocycles. The Morgan fingerprint density at radius 2 is 1.56 bits per heavy atom. The molecule has 1 saturated carbocycles. The lowest BCUT2D eigenvalue weighted by Crippen LogP contribution is -2.11. The predicted molar refractivity (Wildman–Crippen MR) is 105 cm³/mol. The van der Waals surface area contributed by atoms with Crippen molar-refractivity contribution in [2.75, 3.05) is 0 Å². The lowest BCUT2D eigenvalue weighted by Gasteiger charge is -2.20. The van der Waals surface area contributed by atoms with Gasteiger partial charge < -0.3 is 4.52 Å². The van der Waals surface area contributed by atoms with E-state index in [-0.39, 0.29) is 4.90 Å². The Morgan fingerprint density at radius 3 is 2.19 bits per heavy atom. The van der Waals surface area contributed by atoms with Gasteiger partial charge in [-0.3, -0.25) is 0 Å². The van der Waals surface area contributed by atoms with Crippen molar-refractivity contribution < 1.29 is 12.9 Å². The van der Waals surface area contributed by atoms with Crippen LogP contribution in [0.25, 0.3) is 22.4 Å². The molecule has 0 aliphatic heterocycles. The third-order valence-corrected chi connectivity index (χ3v) is 6.14. The van der Waals surface area contributed by atoms with Gasteiger partial charge in [-0.05, 0) is 30.5 Å². The van der Waals surface area contributed by atoms with E-state index in [9.17, 15) is 8.42 Å². The largest absolute Gasteiger partial charge is 0.360 e. The van der Waals surface area contributed by atoms with Gasteiger partial charge in [0.25, 0.3) is 0 Å². The van der Waals surface area contributed by atoms with E-state index in [0.717, 1.165) is 41.0 Å². The summed E-state index contributed by atoms with van der Waals surface area (Å²) >= 11 is 0. The van der Waals surface area contributed by atoms with Gasteiger partial charge in [-0.1, -0.05) is 66.9 Å². The molecular formula is C21H22N2O3S. The number of sulfonamides is 1.